The Balaban J connectivity index is 0.00000364. The van der Waals surface area contributed by atoms with Crippen LogP contribution in [0.25, 0.3) is 0 Å². The molecule has 154 valence electrons. The van der Waals surface area contributed by atoms with Crippen LogP contribution in [0.3, 0.4) is 0 Å². The van der Waals surface area contributed by atoms with Crippen LogP contribution >= 0.6 is 35.7 Å². The van der Waals surface area contributed by atoms with E-state index in [2.05, 4.69) is 67.5 Å². The van der Waals surface area contributed by atoms with Gasteiger partial charge in [0, 0.05) is 43.2 Å². The Kier molecular flexibility index (Phi) is 12.4. The van der Waals surface area contributed by atoms with Gasteiger partial charge in [-0.3, -0.25) is 4.99 Å². The normalized spacial score (nSPS) is 16.3. The van der Waals surface area contributed by atoms with Gasteiger partial charge in [-0.1, -0.05) is 29.8 Å². The minimum atomic E-state index is 0. The molecule has 4 nitrogen and oxygen atoms in total. The van der Waals surface area contributed by atoms with E-state index in [0.717, 1.165) is 30.6 Å². The van der Waals surface area contributed by atoms with E-state index in [1.54, 1.807) is 0 Å². The number of halogens is 1. The van der Waals surface area contributed by atoms with E-state index in [9.17, 15) is 0 Å². The number of hydrogen-bond donors (Lipinski definition) is 2. The molecule has 1 fully saturated rings. The van der Waals surface area contributed by atoms with Crippen LogP contribution in [0.2, 0.25) is 0 Å². The van der Waals surface area contributed by atoms with Gasteiger partial charge in [0.05, 0.1) is 6.54 Å². The number of aliphatic imine (C=N–C) groups is 1. The predicted octanol–water partition coefficient (Wildman–Crippen LogP) is 4.27. The van der Waals surface area contributed by atoms with Crippen molar-refractivity contribution in [2.75, 3.05) is 31.9 Å². The molecule has 0 aliphatic carbocycles. The summed E-state index contributed by atoms with van der Waals surface area (Å²) in [5.41, 5.74) is 2.72. The number of thioether (sulfide) groups is 1. The van der Waals surface area contributed by atoms with Gasteiger partial charge in [-0.05, 0) is 46.1 Å². The molecule has 1 saturated heterocycles. The first kappa shape index (κ1) is 24.6. The van der Waals surface area contributed by atoms with E-state index in [1.807, 2.05) is 11.8 Å². The van der Waals surface area contributed by atoms with Crippen LogP contribution in [0.5, 0.6) is 0 Å². The maximum Gasteiger partial charge on any atom is 0.191 e. The average Bonchev–Trinajstić information content (AvgIpc) is 2.63. The summed E-state index contributed by atoms with van der Waals surface area (Å²) in [7, 11) is 0. The Bertz CT molecular complexity index is 540. The molecule has 1 aliphatic rings. The number of rotatable bonds is 8. The summed E-state index contributed by atoms with van der Waals surface area (Å²) in [5.74, 6) is 3.09. The molecule has 6 heteroatoms. The average molecular weight is 505 g/mol. The zero-order valence-corrected chi connectivity index (χ0v) is 20.5. The van der Waals surface area contributed by atoms with E-state index in [-0.39, 0.29) is 24.0 Å². The lowest BCUT2D eigenvalue weighted by Crippen LogP contribution is -2.49. The van der Waals surface area contributed by atoms with Crippen LogP contribution in [-0.4, -0.2) is 54.9 Å². The molecule has 2 rings (SSSR count). The first-order valence-corrected chi connectivity index (χ1v) is 11.2. The minimum Gasteiger partial charge on any atom is -0.357 e. The van der Waals surface area contributed by atoms with Gasteiger partial charge in [0.25, 0.3) is 0 Å². The van der Waals surface area contributed by atoms with Gasteiger partial charge in [-0.25, -0.2) is 0 Å². The van der Waals surface area contributed by atoms with Gasteiger partial charge >= 0.3 is 0 Å². The SMILES string of the molecule is CCNC(=NCCSCc1ccc(C)cc1)NC1CCN(C(C)C)CC1.I. The number of hydrogen-bond acceptors (Lipinski definition) is 3. The van der Waals surface area contributed by atoms with Crippen molar-refractivity contribution in [1.29, 1.82) is 0 Å². The van der Waals surface area contributed by atoms with E-state index >= 15 is 0 Å². The molecule has 27 heavy (non-hydrogen) atoms. The third kappa shape index (κ3) is 9.52. The predicted molar refractivity (Wildman–Crippen MR) is 132 cm³/mol. The highest BCUT2D eigenvalue weighted by Gasteiger charge is 2.21. The molecular weight excluding hydrogens is 467 g/mol. The van der Waals surface area contributed by atoms with Crippen LogP contribution in [0.4, 0.5) is 0 Å². The Labute approximate surface area is 187 Å². The van der Waals surface area contributed by atoms with E-state index < -0.39 is 0 Å². The molecule has 0 saturated carbocycles. The highest BCUT2D eigenvalue weighted by molar-refractivity contribution is 14.0. The smallest absolute Gasteiger partial charge is 0.191 e. The quantitative estimate of drug-likeness (QED) is 0.240. The second kappa shape index (κ2) is 13.7. The molecule has 2 N–H and O–H groups in total. The van der Waals surface area contributed by atoms with E-state index in [0.29, 0.717) is 12.1 Å². The standard InChI is InChI=1S/C21H36N4S.HI/c1-5-22-21(24-20-10-13-25(14-11-20)17(2)3)23-12-15-26-16-19-8-6-18(4)7-9-19;/h6-9,17,20H,5,10-16H2,1-4H3,(H2,22,23,24);1H. The second-order valence-electron chi connectivity index (χ2n) is 7.35. The molecule has 0 unspecified atom stereocenters. The third-order valence-corrected chi connectivity index (χ3v) is 5.85. The zero-order valence-electron chi connectivity index (χ0n) is 17.3. The maximum absolute atomic E-state index is 4.77. The highest BCUT2D eigenvalue weighted by Crippen LogP contribution is 2.14. The Morgan fingerprint density at radius 3 is 2.48 bits per heavy atom. The summed E-state index contributed by atoms with van der Waals surface area (Å²) in [6.45, 7) is 13.0. The second-order valence-corrected chi connectivity index (χ2v) is 8.45. The zero-order chi connectivity index (χ0) is 18.8. The van der Waals surface area contributed by atoms with Crippen molar-refractivity contribution >= 4 is 41.7 Å². The highest BCUT2D eigenvalue weighted by atomic mass is 127. The van der Waals surface area contributed by atoms with Crippen molar-refractivity contribution in [1.82, 2.24) is 15.5 Å². The minimum absolute atomic E-state index is 0. The molecule has 1 heterocycles. The fraction of sp³-hybridized carbons (Fsp3) is 0.667. The van der Waals surface area contributed by atoms with Crippen molar-refractivity contribution in [2.45, 2.75) is 58.4 Å². The van der Waals surface area contributed by atoms with Gasteiger partial charge in [-0.2, -0.15) is 11.8 Å². The van der Waals surface area contributed by atoms with Crippen LogP contribution in [0.15, 0.2) is 29.3 Å². The summed E-state index contributed by atoms with van der Waals surface area (Å²) >= 11 is 1.95. The number of likely N-dealkylation sites (tertiary alicyclic amines) is 1. The molecule has 0 spiro atoms. The lowest BCUT2D eigenvalue weighted by molar-refractivity contribution is 0.167. The van der Waals surface area contributed by atoms with Crippen molar-refractivity contribution in [3.8, 4) is 0 Å². The van der Waals surface area contributed by atoms with Crippen LogP contribution in [0, 0.1) is 6.92 Å². The summed E-state index contributed by atoms with van der Waals surface area (Å²) in [6, 6.07) is 10.0. The Morgan fingerprint density at radius 1 is 1.22 bits per heavy atom. The van der Waals surface area contributed by atoms with Crippen LogP contribution < -0.4 is 10.6 Å². The molecule has 0 atom stereocenters. The van der Waals surface area contributed by atoms with Crippen molar-refractivity contribution in [2.24, 2.45) is 4.99 Å². The van der Waals surface area contributed by atoms with Crippen molar-refractivity contribution in [3.05, 3.63) is 35.4 Å². The molecule has 1 aromatic rings. The first-order valence-electron chi connectivity index (χ1n) is 10.0. The van der Waals surface area contributed by atoms with E-state index in [1.165, 1.54) is 37.1 Å². The number of benzene rings is 1. The Hall–Kier alpha value is -0.470. The molecule has 0 radical (unpaired) electrons. The van der Waals surface area contributed by atoms with Gasteiger partial charge < -0.3 is 15.5 Å². The molecule has 1 aliphatic heterocycles. The number of nitrogens with zero attached hydrogens (tertiary/aromatic N) is 2. The topological polar surface area (TPSA) is 39.7 Å². The van der Waals surface area contributed by atoms with Crippen LogP contribution in [0.1, 0.15) is 44.7 Å². The number of nitrogens with one attached hydrogen (secondary N) is 2. The fourth-order valence-electron chi connectivity index (χ4n) is 3.17. The summed E-state index contributed by atoms with van der Waals surface area (Å²) in [6.07, 6.45) is 2.40. The summed E-state index contributed by atoms with van der Waals surface area (Å²) < 4.78 is 0. The van der Waals surface area contributed by atoms with Gasteiger partial charge in [0.2, 0.25) is 0 Å². The van der Waals surface area contributed by atoms with Gasteiger partial charge in [-0.15, -0.1) is 24.0 Å². The monoisotopic (exact) mass is 504 g/mol. The molecule has 1 aromatic carbocycles. The van der Waals surface area contributed by atoms with E-state index in [4.69, 9.17) is 4.99 Å². The summed E-state index contributed by atoms with van der Waals surface area (Å²) in [5, 5.41) is 7.03. The molecule has 0 amide bonds. The first-order chi connectivity index (χ1) is 12.6. The molecule has 0 aromatic heterocycles. The number of aryl methyl sites for hydroxylation is 1. The third-order valence-electron chi connectivity index (χ3n) is 4.84. The Morgan fingerprint density at radius 2 is 1.89 bits per heavy atom. The largest absolute Gasteiger partial charge is 0.357 e. The molecule has 0 bridgehead atoms. The van der Waals surface area contributed by atoms with Gasteiger partial charge in [0.15, 0.2) is 5.96 Å². The number of piperidine rings is 1. The summed E-state index contributed by atoms with van der Waals surface area (Å²) in [4.78, 5) is 7.33. The van der Waals surface area contributed by atoms with Crippen LogP contribution in [-0.2, 0) is 5.75 Å². The van der Waals surface area contributed by atoms with Crippen molar-refractivity contribution in [3.63, 3.8) is 0 Å². The maximum atomic E-state index is 4.77. The van der Waals surface area contributed by atoms with Gasteiger partial charge in [0.1, 0.15) is 0 Å². The number of guanidine groups is 1. The lowest BCUT2D eigenvalue weighted by Gasteiger charge is -2.35. The molecular formula is C21H37IN4S. The lowest BCUT2D eigenvalue weighted by atomic mass is 10.0. The fourth-order valence-corrected chi connectivity index (χ4v) is 3.96. The van der Waals surface area contributed by atoms with Crippen molar-refractivity contribution < 1.29 is 0 Å².